The summed E-state index contributed by atoms with van der Waals surface area (Å²) in [6, 6.07) is 17.9. The van der Waals surface area contributed by atoms with Crippen molar-refractivity contribution in [2.75, 3.05) is 11.2 Å². The second-order valence-electron chi connectivity index (χ2n) is 5.51. The third kappa shape index (κ3) is 3.25. The van der Waals surface area contributed by atoms with E-state index >= 15 is 0 Å². The van der Waals surface area contributed by atoms with Crippen LogP contribution in [0.3, 0.4) is 0 Å². The van der Waals surface area contributed by atoms with Crippen LogP contribution in [0.2, 0.25) is 0 Å². The lowest BCUT2D eigenvalue weighted by atomic mass is 10.1. The van der Waals surface area contributed by atoms with E-state index in [0.717, 1.165) is 6.54 Å². The van der Waals surface area contributed by atoms with Crippen LogP contribution in [-0.2, 0) is 13.1 Å². The average Bonchev–Trinajstić information content (AvgIpc) is 3.37. The summed E-state index contributed by atoms with van der Waals surface area (Å²) in [6.07, 6.45) is 4.71. The van der Waals surface area contributed by atoms with Crippen LogP contribution in [0, 0.1) is 0 Å². The average molecular weight is 298 g/mol. The molecule has 0 saturated heterocycles. The topological polar surface area (TPSA) is 29.3 Å². The highest BCUT2D eigenvalue weighted by molar-refractivity contribution is 7.98. The molecule has 0 amide bonds. The summed E-state index contributed by atoms with van der Waals surface area (Å²) in [4.78, 5) is 3.84. The van der Waals surface area contributed by atoms with Gasteiger partial charge in [0.25, 0.3) is 0 Å². The molecule has 1 saturated carbocycles. The summed E-state index contributed by atoms with van der Waals surface area (Å²) in [5, 5.41) is 0. The molecule has 1 aliphatic carbocycles. The fourth-order valence-electron chi connectivity index (χ4n) is 2.80. The quantitative estimate of drug-likeness (QED) is 0.816. The van der Waals surface area contributed by atoms with Gasteiger partial charge in [0, 0.05) is 35.3 Å². The van der Waals surface area contributed by atoms with Crippen molar-refractivity contribution in [3.63, 3.8) is 0 Å². The molecular formula is C18H22N2S. The van der Waals surface area contributed by atoms with Crippen LogP contribution in [0.15, 0.2) is 53.4 Å². The van der Waals surface area contributed by atoms with E-state index in [1.807, 2.05) is 0 Å². The molecule has 110 valence electrons. The van der Waals surface area contributed by atoms with Gasteiger partial charge in [-0.1, -0.05) is 36.4 Å². The number of nitrogens with zero attached hydrogens (tertiary/aromatic N) is 1. The predicted octanol–water partition coefficient (Wildman–Crippen LogP) is 4.04. The van der Waals surface area contributed by atoms with E-state index in [9.17, 15) is 0 Å². The number of nitrogens with two attached hydrogens (primary N) is 1. The Kier molecular flexibility index (Phi) is 4.51. The SMILES string of the molecule is CSc1cccc(N(Cc2ccccc2)C2CC2)c1CN. The highest BCUT2D eigenvalue weighted by Crippen LogP contribution is 2.37. The van der Waals surface area contributed by atoms with Gasteiger partial charge in [0.15, 0.2) is 0 Å². The van der Waals surface area contributed by atoms with E-state index in [4.69, 9.17) is 5.73 Å². The molecule has 0 spiro atoms. The van der Waals surface area contributed by atoms with Gasteiger partial charge < -0.3 is 10.6 Å². The van der Waals surface area contributed by atoms with Gasteiger partial charge in [0.1, 0.15) is 0 Å². The first-order chi connectivity index (χ1) is 10.3. The van der Waals surface area contributed by atoms with Gasteiger partial charge in [0.2, 0.25) is 0 Å². The molecule has 1 fully saturated rings. The standard InChI is InChI=1S/C18H22N2S/c1-21-18-9-5-8-17(16(18)12-19)20(15-10-11-15)13-14-6-3-2-4-7-14/h2-9,15H,10-13,19H2,1H3. The van der Waals surface area contributed by atoms with Gasteiger partial charge in [-0.2, -0.15) is 0 Å². The normalized spacial score (nSPS) is 14.2. The summed E-state index contributed by atoms with van der Waals surface area (Å²) >= 11 is 1.78. The lowest BCUT2D eigenvalue weighted by Crippen LogP contribution is -2.26. The molecule has 0 heterocycles. The molecule has 2 nitrogen and oxygen atoms in total. The summed E-state index contributed by atoms with van der Waals surface area (Å²) in [5.41, 5.74) is 10.0. The maximum Gasteiger partial charge on any atom is 0.0432 e. The third-order valence-corrected chi connectivity index (χ3v) is 4.85. The Morgan fingerprint density at radius 1 is 1.10 bits per heavy atom. The first-order valence-corrected chi connectivity index (χ1v) is 8.72. The van der Waals surface area contributed by atoms with Crippen LogP contribution >= 0.6 is 11.8 Å². The van der Waals surface area contributed by atoms with Crippen molar-refractivity contribution in [2.24, 2.45) is 5.73 Å². The van der Waals surface area contributed by atoms with Crippen molar-refractivity contribution >= 4 is 17.4 Å². The molecule has 0 aromatic heterocycles. The molecule has 2 aromatic carbocycles. The van der Waals surface area contributed by atoms with Crippen molar-refractivity contribution < 1.29 is 0 Å². The predicted molar refractivity (Wildman–Crippen MR) is 91.8 cm³/mol. The van der Waals surface area contributed by atoms with Gasteiger partial charge in [-0.15, -0.1) is 11.8 Å². The molecule has 1 aliphatic rings. The smallest absolute Gasteiger partial charge is 0.0432 e. The van der Waals surface area contributed by atoms with Crippen LogP contribution < -0.4 is 10.6 Å². The van der Waals surface area contributed by atoms with E-state index in [1.165, 1.54) is 34.6 Å². The van der Waals surface area contributed by atoms with E-state index in [2.05, 4.69) is 59.7 Å². The monoisotopic (exact) mass is 298 g/mol. The van der Waals surface area contributed by atoms with Crippen molar-refractivity contribution in [3.8, 4) is 0 Å². The van der Waals surface area contributed by atoms with Crippen LogP contribution in [0.5, 0.6) is 0 Å². The zero-order valence-electron chi connectivity index (χ0n) is 12.5. The Balaban J connectivity index is 1.94. The molecule has 0 radical (unpaired) electrons. The maximum absolute atomic E-state index is 6.04. The molecule has 2 aromatic rings. The molecule has 0 unspecified atom stereocenters. The van der Waals surface area contributed by atoms with Crippen LogP contribution in [0.1, 0.15) is 24.0 Å². The van der Waals surface area contributed by atoms with Crippen molar-refractivity contribution in [3.05, 3.63) is 59.7 Å². The van der Waals surface area contributed by atoms with Gasteiger partial charge in [0.05, 0.1) is 0 Å². The molecule has 0 atom stereocenters. The van der Waals surface area contributed by atoms with Gasteiger partial charge in [-0.05, 0) is 36.8 Å². The Hall–Kier alpha value is -1.45. The van der Waals surface area contributed by atoms with Crippen molar-refractivity contribution in [1.82, 2.24) is 0 Å². The highest BCUT2D eigenvalue weighted by atomic mass is 32.2. The number of benzene rings is 2. The third-order valence-electron chi connectivity index (χ3n) is 4.03. The summed E-state index contributed by atoms with van der Waals surface area (Å²) in [5.74, 6) is 0. The lowest BCUT2D eigenvalue weighted by molar-refractivity contribution is 0.782. The summed E-state index contributed by atoms with van der Waals surface area (Å²) in [6.45, 7) is 1.57. The number of anilines is 1. The zero-order chi connectivity index (χ0) is 14.7. The Labute approximate surface area is 131 Å². The number of hydrogen-bond donors (Lipinski definition) is 1. The van der Waals surface area contributed by atoms with Crippen LogP contribution in [0.25, 0.3) is 0 Å². The lowest BCUT2D eigenvalue weighted by Gasteiger charge is -2.28. The first-order valence-electron chi connectivity index (χ1n) is 7.50. The minimum Gasteiger partial charge on any atom is -0.364 e. The van der Waals surface area contributed by atoms with Crippen molar-refractivity contribution in [1.29, 1.82) is 0 Å². The summed E-state index contributed by atoms with van der Waals surface area (Å²) < 4.78 is 0. The Morgan fingerprint density at radius 3 is 2.48 bits per heavy atom. The van der Waals surface area contributed by atoms with E-state index in [-0.39, 0.29) is 0 Å². The molecule has 3 rings (SSSR count). The Bertz CT molecular complexity index is 593. The van der Waals surface area contributed by atoms with Gasteiger partial charge in [-0.25, -0.2) is 0 Å². The minimum atomic E-state index is 0.602. The van der Waals surface area contributed by atoms with Crippen molar-refractivity contribution in [2.45, 2.75) is 36.9 Å². The van der Waals surface area contributed by atoms with E-state index in [0.29, 0.717) is 12.6 Å². The largest absolute Gasteiger partial charge is 0.364 e. The fraction of sp³-hybridized carbons (Fsp3) is 0.333. The first kappa shape index (κ1) is 14.5. The van der Waals surface area contributed by atoms with E-state index in [1.54, 1.807) is 11.8 Å². The molecule has 21 heavy (non-hydrogen) atoms. The van der Waals surface area contributed by atoms with Crippen LogP contribution in [0.4, 0.5) is 5.69 Å². The van der Waals surface area contributed by atoms with Gasteiger partial charge in [-0.3, -0.25) is 0 Å². The molecule has 0 aliphatic heterocycles. The number of hydrogen-bond acceptors (Lipinski definition) is 3. The summed E-state index contributed by atoms with van der Waals surface area (Å²) in [7, 11) is 0. The zero-order valence-corrected chi connectivity index (χ0v) is 13.3. The van der Waals surface area contributed by atoms with Gasteiger partial charge >= 0.3 is 0 Å². The second-order valence-corrected chi connectivity index (χ2v) is 6.35. The molecule has 3 heteroatoms. The molecular weight excluding hydrogens is 276 g/mol. The van der Waals surface area contributed by atoms with E-state index < -0.39 is 0 Å². The Morgan fingerprint density at radius 2 is 1.86 bits per heavy atom. The number of rotatable bonds is 6. The maximum atomic E-state index is 6.04. The fourth-order valence-corrected chi connectivity index (χ4v) is 3.45. The number of thioether (sulfide) groups is 1. The molecule has 2 N–H and O–H groups in total. The molecule has 0 bridgehead atoms. The highest BCUT2D eigenvalue weighted by Gasteiger charge is 2.30. The minimum absolute atomic E-state index is 0.602. The second kappa shape index (κ2) is 6.54. The van der Waals surface area contributed by atoms with Crippen LogP contribution in [-0.4, -0.2) is 12.3 Å².